The quantitative estimate of drug-likeness (QED) is 0.608. The Kier molecular flexibility index (Phi) is 6.76. The Labute approximate surface area is 74.5 Å². The number of nitrogens with one attached hydrogen (secondary N) is 1. The molecule has 1 fully saturated rings. The third-order valence-corrected chi connectivity index (χ3v) is 1.62. The minimum Gasteiger partial charge on any atom is -0.462 e. The molecular formula is C9H19NO2. The van der Waals surface area contributed by atoms with Gasteiger partial charge in [0.2, 0.25) is 0 Å². The Morgan fingerprint density at radius 2 is 1.83 bits per heavy atom. The van der Waals surface area contributed by atoms with Crippen molar-refractivity contribution >= 4 is 5.97 Å². The second-order valence-electron chi connectivity index (χ2n) is 2.56. The van der Waals surface area contributed by atoms with Gasteiger partial charge < -0.3 is 10.1 Å². The number of ether oxygens (including phenoxy) is 1. The highest BCUT2D eigenvalue weighted by atomic mass is 16.5. The Bertz CT molecular complexity index is 120. The highest BCUT2D eigenvalue weighted by molar-refractivity contribution is 5.66. The summed E-state index contributed by atoms with van der Waals surface area (Å²) < 4.78 is 5.01. The molecule has 1 aliphatic rings. The van der Waals surface area contributed by atoms with Crippen LogP contribution < -0.4 is 5.32 Å². The van der Waals surface area contributed by atoms with Gasteiger partial charge in [-0.15, -0.1) is 0 Å². The molecule has 12 heavy (non-hydrogen) atoms. The lowest BCUT2D eigenvalue weighted by atomic mass is 10.1. The first-order chi connectivity index (χ1) is 5.79. The summed E-state index contributed by atoms with van der Waals surface area (Å²) in [5.41, 5.74) is 0. The third-order valence-electron chi connectivity index (χ3n) is 1.62. The Balaban J connectivity index is 0.000000561. The van der Waals surface area contributed by atoms with Crippen LogP contribution in [0.25, 0.3) is 0 Å². The van der Waals surface area contributed by atoms with E-state index >= 15 is 0 Å². The second-order valence-corrected chi connectivity index (χ2v) is 2.56. The molecule has 1 N–H and O–H groups in total. The minimum absolute atomic E-state index is 0.160. The van der Waals surface area contributed by atoms with Crippen molar-refractivity contribution in [1.29, 1.82) is 0 Å². The van der Waals surface area contributed by atoms with Gasteiger partial charge in [-0.05, 0) is 25.9 Å². The summed E-state index contributed by atoms with van der Waals surface area (Å²) in [5.74, 6) is -0.160. The zero-order valence-corrected chi connectivity index (χ0v) is 8.22. The summed E-state index contributed by atoms with van der Waals surface area (Å²) in [6, 6.07) is 0. The van der Waals surface area contributed by atoms with E-state index in [2.05, 4.69) is 5.32 Å². The molecule has 1 rings (SSSR count). The van der Waals surface area contributed by atoms with E-state index in [1.165, 1.54) is 6.92 Å². The van der Waals surface area contributed by atoms with Crippen LogP contribution in [0, 0.1) is 0 Å². The SMILES string of the molecule is CC.CC(=O)OC1CCNCC1. The Morgan fingerprint density at radius 1 is 1.33 bits per heavy atom. The molecule has 3 heteroatoms. The number of hydrogen-bond acceptors (Lipinski definition) is 3. The van der Waals surface area contributed by atoms with Gasteiger partial charge in [0.1, 0.15) is 6.10 Å². The molecule has 3 nitrogen and oxygen atoms in total. The van der Waals surface area contributed by atoms with Gasteiger partial charge >= 0.3 is 5.97 Å². The van der Waals surface area contributed by atoms with E-state index in [9.17, 15) is 4.79 Å². The summed E-state index contributed by atoms with van der Waals surface area (Å²) >= 11 is 0. The van der Waals surface area contributed by atoms with Gasteiger partial charge in [0.25, 0.3) is 0 Å². The van der Waals surface area contributed by atoms with E-state index in [1.54, 1.807) is 0 Å². The van der Waals surface area contributed by atoms with Gasteiger partial charge in [-0.25, -0.2) is 0 Å². The molecule has 0 radical (unpaired) electrons. The topological polar surface area (TPSA) is 38.3 Å². The molecule has 1 saturated heterocycles. The molecule has 0 spiro atoms. The number of hydrogen-bond donors (Lipinski definition) is 1. The molecule has 0 aromatic rings. The molecule has 0 saturated carbocycles. The highest BCUT2D eigenvalue weighted by Crippen LogP contribution is 2.06. The van der Waals surface area contributed by atoms with Crippen LogP contribution in [0.15, 0.2) is 0 Å². The summed E-state index contributed by atoms with van der Waals surface area (Å²) in [6.45, 7) is 7.40. The van der Waals surface area contributed by atoms with Crippen LogP contribution in [-0.4, -0.2) is 25.2 Å². The van der Waals surface area contributed by atoms with Crippen molar-refractivity contribution in [1.82, 2.24) is 5.32 Å². The maximum absolute atomic E-state index is 10.5. The molecule has 0 amide bonds. The maximum atomic E-state index is 10.5. The lowest BCUT2D eigenvalue weighted by Gasteiger charge is -2.21. The molecule has 0 aromatic heterocycles. The second kappa shape index (κ2) is 7.10. The predicted octanol–water partition coefficient (Wildman–Crippen LogP) is 1.33. The third kappa shape index (κ3) is 5.13. The first-order valence-electron chi connectivity index (χ1n) is 4.67. The molecular weight excluding hydrogens is 154 g/mol. The highest BCUT2D eigenvalue weighted by Gasteiger charge is 2.14. The van der Waals surface area contributed by atoms with Crippen LogP contribution in [0.4, 0.5) is 0 Å². The molecule has 0 atom stereocenters. The standard InChI is InChI=1S/C7H13NO2.C2H6/c1-6(9)10-7-2-4-8-5-3-7;1-2/h7-8H,2-5H2,1H3;1-2H3. The normalized spacial score (nSPS) is 17.6. The summed E-state index contributed by atoms with van der Waals surface area (Å²) in [5, 5.41) is 3.20. The predicted molar refractivity (Wildman–Crippen MR) is 49.0 cm³/mol. The van der Waals surface area contributed by atoms with Crippen LogP contribution in [0.1, 0.15) is 33.6 Å². The molecule has 0 bridgehead atoms. The van der Waals surface area contributed by atoms with E-state index in [4.69, 9.17) is 4.74 Å². The first kappa shape index (κ1) is 11.4. The van der Waals surface area contributed by atoms with Crippen LogP contribution in [-0.2, 0) is 9.53 Å². The fourth-order valence-corrected chi connectivity index (χ4v) is 1.15. The molecule has 1 heterocycles. The summed E-state index contributed by atoms with van der Waals surface area (Å²) in [4.78, 5) is 10.5. The Hall–Kier alpha value is -0.570. The fraction of sp³-hybridized carbons (Fsp3) is 0.889. The van der Waals surface area contributed by atoms with E-state index in [0.717, 1.165) is 25.9 Å². The van der Waals surface area contributed by atoms with Crippen LogP contribution in [0.3, 0.4) is 0 Å². The number of carbonyl (C=O) groups is 1. The minimum atomic E-state index is -0.160. The van der Waals surface area contributed by atoms with Crippen molar-refractivity contribution in [2.45, 2.75) is 39.7 Å². The van der Waals surface area contributed by atoms with Crippen molar-refractivity contribution in [3.8, 4) is 0 Å². The van der Waals surface area contributed by atoms with Gasteiger partial charge in [-0.1, -0.05) is 13.8 Å². The van der Waals surface area contributed by atoms with E-state index in [0.29, 0.717) is 0 Å². The van der Waals surface area contributed by atoms with Crippen molar-refractivity contribution in [3.63, 3.8) is 0 Å². The molecule has 0 aliphatic carbocycles. The van der Waals surface area contributed by atoms with Gasteiger partial charge in [-0.3, -0.25) is 4.79 Å². The molecule has 0 aromatic carbocycles. The zero-order valence-electron chi connectivity index (χ0n) is 8.22. The van der Waals surface area contributed by atoms with Gasteiger partial charge in [0.05, 0.1) is 0 Å². The van der Waals surface area contributed by atoms with Gasteiger partial charge in [0.15, 0.2) is 0 Å². The van der Waals surface area contributed by atoms with Crippen molar-refractivity contribution in [2.24, 2.45) is 0 Å². The largest absolute Gasteiger partial charge is 0.462 e. The van der Waals surface area contributed by atoms with Gasteiger partial charge in [-0.2, -0.15) is 0 Å². The fourth-order valence-electron chi connectivity index (χ4n) is 1.15. The maximum Gasteiger partial charge on any atom is 0.302 e. The average Bonchev–Trinajstić information content (AvgIpc) is 2.08. The zero-order chi connectivity index (χ0) is 9.40. The van der Waals surface area contributed by atoms with Crippen molar-refractivity contribution < 1.29 is 9.53 Å². The summed E-state index contributed by atoms with van der Waals surface area (Å²) in [6.07, 6.45) is 2.08. The molecule has 0 unspecified atom stereocenters. The van der Waals surface area contributed by atoms with Crippen molar-refractivity contribution in [3.05, 3.63) is 0 Å². The smallest absolute Gasteiger partial charge is 0.302 e. The van der Waals surface area contributed by atoms with E-state index in [1.807, 2.05) is 13.8 Å². The van der Waals surface area contributed by atoms with E-state index in [-0.39, 0.29) is 12.1 Å². The lowest BCUT2D eigenvalue weighted by molar-refractivity contribution is -0.147. The summed E-state index contributed by atoms with van der Waals surface area (Å²) in [7, 11) is 0. The average molecular weight is 173 g/mol. The number of piperidine rings is 1. The Morgan fingerprint density at radius 3 is 2.25 bits per heavy atom. The van der Waals surface area contributed by atoms with Gasteiger partial charge in [0, 0.05) is 6.92 Å². The lowest BCUT2D eigenvalue weighted by Crippen LogP contribution is -2.33. The molecule has 72 valence electrons. The monoisotopic (exact) mass is 173 g/mol. The number of esters is 1. The van der Waals surface area contributed by atoms with E-state index < -0.39 is 0 Å². The number of carbonyl (C=O) groups excluding carboxylic acids is 1. The van der Waals surface area contributed by atoms with Crippen molar-refractivity contribution in [2.75, 3.05) is 13.1 Å². The molecule has 1 aliphatic heterocycles. The van der Waals surface area contributed by atoms with Crippen LogP contribution >= 0.6 is 0 Å². The van der Waals surface area contributed by atoms with Crippen LogP contribution in [0.2, 0.25) is 0 Å². The first-order valence-corrected chi connectivity index (χ1v) is 4.67. The van der Waals surface area contributed by atoms with Crippen LogP contribution in [0.5, 0.6) is 0 Å². The number of rotatable bonds is 1.